The first kappa shape index (κ1) is 16.2. The fourth-order valence-corrected chi connectivity index (χ4v) is 6.28. The van der Waals surface area contributed by atoms with Crippen LogP contribution in [0.3, 0.4) is 0 Å². The maximum atomic E-state index is 2.78. The fourth-order valence-electron chi connectivity index (χ4n) is 6.28. The maximum absolute atomic E-state index is 2.78. The van der Waals surface area contributed by atoms with Crippen LogP contribution in [0.4, 0.5) is 11.4 Å². The van der Waals surface area contributed by atoms with E-state index in [2.05, 4.69) is 66.1 Å². The Labute approximate surface area is 163 Å². The first-order valence-corrected chi connectivity index (χ1v) is 10.9. The van der Waals surface area contributed by atoms with Gasteiger partial charge in [-0.25, -0.2) is 0 Å². The van der Waals surface area contributed by atoms with Gasteiger partial charge in [0, 0.05) is 43.0 Å². The molecular formula is C25H30N2. The molecule has 140 valence electrons. The lowest BCUT2D eigenvalue weighted by Crippen LogP contribution is -2.45. The summed E-state index contributed by atoms with van der Waals surface area (Å²) in [7, 11) is 0. The number of fused-ring (bicyclic) bond motifs is 5. The van der Waals surface area contributed by atoms with E-state index in [1.807, 2.05) is 0 Å². The second-order valence-corrected chi connectivity index (χ2v) is 9.46. The zero-order chi connectivity index (χ0) is 18.1. The molecule has 2 fully saturated rings. The quantitative estimate of drug-likeness (QED) is 0.746. The van der Waals surface area contributed by atoms with Crippen molar-refractivity contribution in [3.63, 3.8) is 0 Å². The second-order valence-electron chi connectivity index (χ2n) is 9.46. The highest BCUT2D eigenvalue weighted by atomic mass is 15.2. The van der Waals surface area contributed by atoms with Gasteiger partial charge < -0.3 is 9.80 Å². The van der Waals surface area contributed by atoms with Gasteiger partial charge in [-0.1, -0.05) is 50.2 Å². The van der Waals surface area contributed by atoms with Crippen LogP contribution in [0.2, 0.25) is 0 Å². The molecule has 2 aromatic carbocycles. The number of para-hydroxylation sites is 2. The highest BCUT2D eigenvalue weighted by Crippen LogP contribution is 2.53. The van der Waals surface area contributed by atoms with E-state index < -0.39 is 0 Å². The monoisotopic (exact) mass is 358 g/mol. The number of aryl methyl sites for hydroxylation is 2. The minimum atomic E-state index is 0.644. The van der Waals surface area contributed by atoms with Crippen molar-refractivity contribution in [2.45, 2.75) is 45.1 Å². The predicted octanol–water partition coefficient (Wildman–Crippen LogP) is 5.00. The van der Waals surface area contributed by atoms with Crippen LogP contribution in [-0.4, -0.2) is 30.6 Å². The molecule has 0 N–H and O–H groups in total. The van der Waals surface area contributed by atoms with Gasteiger partial charge in [0.15, 0.2) is 0 Å². The number of likely N-dealkylation sites (tertiary alicyclic amines) is 1. The summed E-state index contributed by atoms with van der Waals surface area (Å²) in [5.74, 6) is 3.46. The van der Waals surface area contributed by atoms with Crippen LogP contribution >= 0.6 is 0 Å². The van der Waals surface area contributed by atoms with Crippen molar-refractivity contribution >= 4 is 11.4 Å². The Kier molecular flexibility index (Phi) is 3.50. The standard InChI is InChI=1S/C25H30N2/c1-16-17(2)21(16)14-26-13-12-24-22(15-26)20-8-5-7-19-11-10-18-6-3-4-9-23(18)27(24)25(19)20/h3-9,16-17,21-22,24H,10-15H2,1-2H3/t16-,17+,21?,22?,24?. The molecule has 27 heavy (non-hydrogen) atoms. The van der Waals surface area contributed by atoms with Crippen LogP contribution < -0.4 is 4.90 Å². The number of hydrogen-bond donors (Lipinski definition) is 0. The van der Waals surface area contributed by atoms with Gasteiger partial charge in [-0.15, -0.1) is 0 Å². The normalized spacial score (nSPS) is 33.9. The molecule has 2 aromatic rings. The van der Waals surface area contributed by atoms with E-state index in [1.165, 1.54) is 50.1 Å². The summed E-state index contributed by atoms with van der Waals surface area (Å²) in [4.78, 5) is 5.53. The lowest BCUT2D eigenvalue weighted by Gasteiger charge is -2.39. The van der Waals surface area contributed by atoms with Crippen LogP contribution in [-0.2, 0) is 12.8 Å². The third-order valence-electron chi connectivity index (χ3n) is 8.21. The number of nitrogens with zero attached hydrogens (tertiary/aromatic N) is 2. The smallest absolute Gasteiger partial charge is 0.0483 e. The van der Waals surface area contributed by atoms with Gasteiger partial charge in [0.1, 0.15) is 0 Å². The van der Waals surface area contributed by atoms with Gasteiger partial charge in [0.05, 0.1) is 0 Å². The van der Waals surface area contributed by atoms with Gasteiger partial charge in [0.25, 0.3) is 0 Å². The van der Waals surface area contributed by atoms with Crippen LogP contribution in [0.5, 0.6) is 0 Å². The summed E-state index contributed by atoms with van der Waals surface area (Å²) < 4.78 is 0. The third-order valence-corrected chi connectivity index (χ3v) is 8.21. The molecule has 2 heteroatoms. The van der Waals surface area contributed by atoms with Crippen molar-refractivity contribution in [3.8, 4) is 0 Å². The number of benzene rings is 2. The highest BCUT2D eigenvalue weighted by molar-refractivity contribution is 5.79. The van der Waals surface area contributed by atoms with Crippen molar-refractivity contribution in [1.29, 1.82) is 0 Å². The molecule has 0 aromatic heterocycles. The molecule has 0 bridgehead atoms. The zero-order valence-electron chi connectivity index (χ0n) is 16.6. The van der Waals surface area contributed by atoms with E-state index in [9.17, 15) is 0 Å². The second kappa shape index (κ2) is 5.85. The van der Waals surface area contributed by atoms with E-state index in [-0.39, 0.29) is 0 Å². The molecule has 1 aliphatic carbocycles. The number of hydrogen-bond acceptors (Lipinski definition) is 2. The van der Waals surface area contributed by atoms with Gasteiger partial charge in [0.2, 0.25) is 0 Å². The van der Waals surface area contributed by atoms with Crippen molar-refractivity contribution in [1.82, 2.24) is 4.90 Å². The molecule has 4 aliphatic rings. The van der Waals surface area contributed by atoms with Crippen molar-refractivity contribution in [3.05, 3.63) is 59.2 Å². The molecular weight excluding hydrogens is 328 g/mol. The largest absolute Gasteiger partial charge is 0.337 e. The van der Waals surface area contributed by atoms with Crippen LogP contribution in [0, 0.1) is 17.8 Å². The molecule has 0 radical (unpaired) electrons. The lowest BCUT2D eigenvalue weighted by molar-refractivity contribution is 0.185. The molecule has 0 amide bonds. The van der Waals surface area contributed by atoms with Gasteiger partial charge in [-0.3, -0.25) is 0 Å². The average Bonchev–Trinajstić information content (AvgIpc) is 3.17. The molecule has 6 rings (SSSR count). The van der Waals surface area contributed by atoms with Crippen molar-refractivity contribution in [2.24, 2.45) is 17.8 Å². The van der Waals surface area contributed by atoms with Gasteiger partial charge in [-0.05, 0) is 59.8 Å². The van der Waals surface area contributed by atoms with Gasteiger partial charge >= 0.3 is 0 Å². The number of rotatable bonds is 2. The minimum absolute atomic E-state index is 0.644. The number of anilines is 2. The Morgan fingerprint density at radius 1 is 0.926 bits per heavy atom. The fraction of sp³-hybridized carbons (Fsp3) is 0.520. The topological polar surface area (TPSA) is 6.48 Å². The molecule has 5 atom stereocenters. The van der Waals surface area contributed by atoms with E-state index >= 15 is 0 Å². The van der Waals surface area contributed by atoms with Gasteiger partial charge in [-0.2, -0.15) is 0 Å². The summed E-state index contributed by atoms with van der Waals surface area (Å²) >= 11 is 0. The molecule has 1 saturated carbocycles. The summed E-state index contributed by atoms with van der Waals surface area (Å²) in [5, 5.41) is 0. The molecule has 3 unspecified atom stereocenters. The van der Waals surface area contributed by atoms with Crippen LogP contribution in [0.1, 0.15) is 42.9 Å². The Morgan fingerprint density at radius 3 is 2.56 bits per heavy atom. The zero-order valence-corrected chi connectivity index (χ0v) is 16.6. The van der Waals surface area contributed by atoms with Crippen LogP contribution in [0.15, 0.2) is 42.5 Å². The van der Waals surface area contributed by atoms with Crippen LogP contribution in [0.25, 0.3) is 0 Å². The highest BCUT2D eigenvalue weighted by Gasteiger charge is 2.47. The maximum Gasteiger partial charge on any atom is 0.0483 e. The lowest BCUT2D eigenvalue weighted by atomic mass is 9.87. The van der Waals surface area contributed by atoms with E-state index in [1.54, 1.807) is 16.8 Å². The molecule has 2 nitrogen and oxygen atoms in total. The first-order valence-electron chi connectivity index (χ1n) is 10.9. The Balaban J connectivity index is 1.38. The predicted molar refractivity (Wildman–Crippen MR) is 112 cm³/mol. The summed E-state index contributed by atoms with van der Waals surface area (Å²) in [6.45, 7) is 8.69. The Morgan fingerprint density at radius 2 is 1.70 bits per heavy atom. The van der Waals surface area contributed by atoms with E-state index in [4.69, 9.17) is 0 Å². The molecule has 1 saturated heterocycles. The number of piperidine rings is 1. The Hall–Kier alpha value is -1.80. The molecule has 3 aliphatic heterocycles. The van der Waals surface area contributed by atoms with Crippen molar-refractivity contribution in [2.75, 3.05) is 24.5 Å². The van der Waals surface area contributed by atoms with E-state index in [0.717, 1.165) is 17.8 Å². The molecule has 0 spiro atoms. The third kappa shape index (κ3) is 2.35. The Bertz CT molecular complexity index is 880. The van der Waals surface area contributed by atoms with E-state index in [0.29, 0.717) is 12.0 Å². The molecule has 3 heterocycles. The average molecular weight is 359 g/mol. The van der Waals surface area contributed by atoms with Crippen molar-refractivity contribution < 1.29 is 0 Å². The summed E-state index contributed by atoms with van der Waals surface area (Å²) in [6, 6.07) is 16.9. The SMILES string of the molecule is C[C@@H]1C(CN2CCC3C(C2)c2cccc4c2N3c2ccccc2CC4)[C@@H]1C. The first-order chi connectivity index (χ1) is 13.2. The minimum Gasteiger partial charge on any atom is -0.337 e. The summed E-state index contributed by atoms with van der Waals surface area (Å²) in [6.07, 6.45) is 3.64. The summed E-state index contributed by atoms with van der Waals surface area (Å²) in [5.41, 5.74) is 7.76.